The van der Waals surface area contributed by atoms with Crippen LogP contribution in [0.3, 0.4) is 0 Å². The van der Waals surface area contributed by atoms with Crippen LogP contribution in [0, 0.1) is 0 Å². The Hall–Kier alpha value is -0.720. The van der Waals surface area contributed by atoms with Crippen LogP contribution in [0.4, 0.5) is 0 Å². The van der Waals surface area contributed by atoms with Crippen molar-refractivity contribution in [2.75, 3.05) is 39.8 Å². The summed E-state index contributed by atoms with van der Waals surface area (Å²) in [6.45, 7) is 10.4. The van der Waals surface area contributed by atoms with Crippen LogP contribution in [-0.2, 0) is 4.79 Å². The number of likely N-dealkylation sites (N-methyl/N-ethyl adjacent to an activating group) is 1. The summed E-state index contributed by atoms with van der Waals surface area (Å²) in [6.07, 6.45) is 2.10. The van der Waals surface area contributed by atoms with Gasteiger partial charge in [0, 0.05) is 39.3 Å². The number of thiocarbonyl (C=S) groups is 1. The average molecular weight is 314 g/mol. The van der Waals surface area contributed by atoms with Crippen LogP contribution in [0.25, 0.3) is 0 Å². The van der Waals surface area contributed by atoms with Gasteiger partial charge in [-0.25, -0.2) is 0 Å². The number of hydrogen-bond acceptors (Lipinski definition) is 4. The third-order valence-electron chi connectivity index (χ3n) is 4.27. The van der Waals surface area contributed by atoms with Gasteiger partial charge < -0.3 is 10.6 Å². The van der Waals surface area contributed by atoms with Gasteiger partial charge >= 0.3 is 0 Å². The van der Waals surface area contributed by atoms with Gasteiger partial charge in [0.1, 0.15) is 0 Å². The molecule has 1 aliphatic rings. The molecule has 0 bridgehead atoms. The number of hydrogen-bond donors (Lipinski definition) is 1. The minimum Gasteiger partial charge on any atom is -0.392 e. The number of nitrogens with zero attached hydrogens (tertiary/aromatic N) is 3. The van der Waals surface area contributed by atoms with E-state index in [-0.39, 0.29) is 18.0 Å². The Balaban J connectivity index is 2.44. The predicted molar refractivity (Wildman–Crippen MR) is 91.4 cm³/mol. The van der Waals surface area contributed by atoms with Crippen LogP contribution in [0.15, 0.2) is 0 Å². The fraction of sp³-hybridized carbons (Fsp3) is 0.867. The highest BCUT2D eigenvalue weighted by Crippen LogP contribution is 2.12. The summed E-state index contributed by atoms with van der Waals surface area (Å²) in [6, 6.07) is 0.462. The molecule has 1 aliphatic heterocycles. The molecule has 2 N–H and O–H groups in total. The molecule has 1 atom stereocenters. The molecule has 5 nitrogen and oxygen atoms in total. The van der Waals surface area contributed by atoms with Crippen molar-refractivity contribution in [3.8, 4) is 0 Å². The molecule has 0 radical (unpaired) electrons. The van der Waals surface area contributed by atoms with Gasteiger partial charge in [-0.1, -0.05) is 25.6 Å². The second-order valence-electron chi connectivity index (χ2n) is 6.12. The van der Waals surface area contributed by atoms with Gasteiger partial charge in [0.15, 0.2) is 0 Å². The van der Waals surface area contributed by atoms with Crippen LogP contribution in [0.5, 0.6) is 0 Å². The van der Waals surface area contributed by atoms with Gasteiger partial charge in [-0.2, -0.15) is 0 Å². The van der Waals surface area contributed by atoms with Gasteiger partial charge in [0.05, 0.1) is 17.6 Å². The van der Waals surface area contributed by atoms with Crippen LogP contribution >= 0.6 is 12.2 Å². The quantitative estimate of drug-likeness (QED) is 0.709. The molecule has 0 saturated carbocycles. The fourth-order valence-electron chi connectivity index (χ4n) is 2.60. The molecule has 1 fully saturated rings. The molecule has 1 unspecified atom stereocenters. The third kappa shape index (κ3) is 5.52. The maximum Gasteiger partial charge on any atom is 0.236 e. The number of rotatable bonds is 7. The molecule has 1 saturated heterocycles. The van der Waals surface area contributed by atoms with Crippen molar-refractivity contribution in [3.63, 3.8) is 0 Å². The summed E-state index contributed by atoms with van der Waals surface area (Å²) in [5, 5.41) is 0. The minimum absolute atomic E-state index is 0.193. The first-order valence-corrected chi connectivity index (χ1v) is 8.29. The molecule has 6 heteroatoms. The van der Waals surface area contributed by atoms with E-state index in [2.05, 4.69) is 16.7 Å². The highest BCUT2D eigenvalue weighted by Gasteiger charge is 2.26. The predicted octanol–water partition coefficient (Wildman–Crippen LogP) is 0.926. The summed E-state index contributed by atoms with van der Waals surface area (Å²) in [5.74, 6) is 0.193. The molecule has 1 amide bonds. The molecule has 0 aromatic carbocycles. The van der Waals surface area contributed by atoms with E-state index in [1.807, 2.05) is 20.9 Å². The van der Waals surface area contributed by atoms with E-state index >= 15 is 0 Å². The molecule has 0 aromatic rings. The number of nitrogens with two attached hydrogens (primary N) is 1. The van der Waals surface area contributed by atoms with Gasteiger partial charge in [-0.3, -0.25) is 14.6 Å². The van der Waals surface area contributed by atoms with Gasteiger partial charge in [-0.05, 0) is 20.3 Å². The van der Waals surface area contributed by atoms with Crippen LogP contribution in [-0.4, -0.2) is 77.5 Å². The monoisotopic (exact) mass is 314 g/mol. The first-order valence-electron chi connectivity index (χ1n) is 7.88. The second-order valence-corrected chi connectivity index (χ2v) is 6.59. The van der Waals surface area contributed by atoms with Crippen molar-refractivity contribution in [1.82, 2.24) is 14.7 Å². The zero-order chi connectivity index (χ0) is 16.0. The number of piperazine rings is 1. The average Bonchev–Trinajstić information content (AvgIpc) is 2.44. The highest BCUT2D eigenvalue weighted by molar-refractivity contribution is 7.80. The van der Waals surface area contributed by atoms with Gasteiger partial charge in [-0.15, -0.1) is 0 Å². The number of amides is 1. The van der Waals surface area contributed by atoms with Crippen molar-refractivity contribution in [2.45, 2.75) is 45.7 Å². The Morgan fingerprint density at radius 3 is 2.29 bits per heavy atom. The first-order chi connectivity index (χ1) is 9.86. The summed E-state index contributed by atoms with van der Waals surface area (Å²) in [7, 11) is 1.87. The molecular formula is C15H30N4OS. The second kappa shape index (κ2) is 8.66. The van der Waals surface area contributed by atoms with Crippen LogP contribution < -0.4 is 5.73 Å². The Morgan fingerprint density at radius 1 is 1.29 bits per heavy atom. The molecule has 1 heterocycles. The standard InChI is InChI=1S/C15H30N4OS/c1-5-6-13(15(16)21)19-9-7-18(8-10-19)11-14(20)17(4)12(2)3/h12-13H,5-11H2,1-4H3,(H2,16,21). The summed E-state index contributed by atoms with van der Waals surface area (Å²) < 4.78 is 0. The summed E-state index contributed by atoms with van der Waals surface area (Å²) in [4.78, 5) is 19.1. The molecule has 122 valence electrons. The van der Waals surface area contributed by atoms with Crippen molar-refractivity contribution < 1.29 is 4.79 Å². The molecule has 21 heavy (non-hydrogen) atoms. The lowest BCUT2D eigenvalue weighted by molar-refractivity contribution is -0.133. The first kappa shape index (κ1) is 18.3. The zero-order valence-corrected chi connectivity index (χ0v) is 14.7. The lowest BCUT2D eigenvalue weighted by Gasteiger charge is -2.39. The van der Waals surface area contributed by atoms with E-state index in [0.29, 0.717) is 11.5 Å². The summed E-state index contributed by atoms with van der Waals surface area (Å²) in [5.41, 5.74) is 5.86. The smallest absolute Gasteiger partial charge is 0.236 e. The fourth-order valence-corrected chi connectivity index (χ4v) is 2.87. The molecule has 0 aromatic heterocycles. The van der Waals surface area contributed by atoms with Crippen LogP contribution in [0.1, 0.15) is 33.6 Å². The molecular weight excluding hydrogens is 284 g/mol. The Kier molecular flexibility index (Phi) is 7.56. The van der Waals surface area contributed by atoms with Gasteiger partial charge in [0.25, 0.3) is 0 Å². The van der Waals surface area contributed by atoms with E-state index in [1.54, 1.807) is 4.90 Å². The zero-order valence-electron chi connectivity index (χ0n) is 13.8. The van der Waals surface area contributed by atoms with E-state index in [9.17, 15) is 4.79 Å². The summed E-state index contributed by atoms with van der Waals surface area (Å²) >= 11 is 5.19. The van der Waals surface area contributed by atoms with E-state index in [1.165, 1.54) is 0 Å². The maximum atomic E-state index is 12.1. The Morgan fingerprint density at radius 2 is 1.86 bits per heavy atom. The lowest BCUT2D eigenvalue weighted by Crippen LogP contribution is -2.55. The Labute approximate surface area is 134 Å². The van der Waals surface area contributed by atoms with Crippen molar-refractivity contribution in [2.24, 2.45) is 5.73 Å². The van der Waals surface area contributed by atoms with Crippen LogP contribution in [0.2, 0.25) is 0 Å². The maximum absolute atomic E-state index is 12.1. The number of carbonyl (C=O) groups excluding carboxylic acids is 1. The number of carbonyl (C=O) groups is 1. The lowest BCUT2D eigenvalue weighted by atomic mass is 10.1. The minimum atomic E-state index is 0.193. The van der Waals surface area contributed by atoms with E-state index in [4.69, 9.17) is 18.0 Å². The van der Waals surface area contributed by atoms with Crippen molar-refractivity contribution in [1.29, 1.82) is 0 Å². The van der Waals surface area contributed by atoms with Crippen molar-refractivity contribution >= 4 is 23.1 Å². The SMILES string of the molecule is CCCC(C(N)=S)N1CCN(CC(=O)N(C)C(C)C)CC1. The largest absolute Gasteiger partial charge is 0.392 e. The van der Waals surface area contributed by atoms with Gasteiger partial charge in [0.2, 0.25) is 5.91 Å². The third-order valence-corrected chi connectivity index (χ3v) is 4.54. The topological polar surface area (TPSA) is 52.8 Å². The molecule has 0 aliphatic carbocycles. The molecule has 1 rings (SSSR count). The van der Waals surface area contributed by atoms with E-state index in [0.717, 1.165) is 39.0 Å². The van der Waals surface area contributed by atoms with E-state index < -0.39 is 0 Å². The normalized spacial score (nSPS) is 18.7. The van der Waals surface area contributed by atoms with Crippen molar-refractivity contribution in [3.05, 3.63) is 0 Å². The molecule has 0 spiro atoms. The Bertz CT molecular complexity index is 354. The highest BCUT2D eigenvalue weighted by atomic mass is 32.1.